The number of carbonyl (C=O) groups is 1. The molecule has 0 spiro atoms. The maximum absolute atomic E-state index is 13.9. The number of nitrogens with one attached hydrogen (secondary N) is 1. The fraction of sp³-hybridized carbons (Fsp3) is 0.120. The highest BCUT2D eigenvalue weighted by atomic mass is 32.2. The van der Waals surface area contributed by atoms with Crippen LogP contribution in [0, 0.1) is 5.82 Å². The SMILES string of the molecule is CSc1ccc(/C=C2\C=C(CC(=O)NCc3ccncc3)c3cc(F)ccc32)cc1. The molecule has 0 saturated carbocycles. The molecule has 2 aromatic carbocycles. The van der Waals surface area contributed by atoms with E-state index in [0.29, 0.717) is 6.54 Å². The lowest BCUT2D eigenvalue weighted by Gasteiger charge is -2.08. The first-order chi connectivity index (χ1) is 14.6. The summed E-state index contributed by atoms with van der Waals surface area (Å²) >= 11 is 1.70. The predicted octanol–water partition coefficient (Wildman–Crippen LogP) is 5.59. The van der Waals surface area contributed by atoms with Crippen molar-refractivity contribution in [1.29, 1.82) is 0 Å². The molecule has 3 nitrogen and oxygen atoms in total. The van der Waals surface area contributed by atoms with Crippen molar-refractivity contribution in [3.8, 4) is 0 Å². The van der Waals surface area contributed by atoms with Crippen molar-refractivity contribution in [3.05, 3.63) is 101 Å². The minimum atomic E-state index is -0.303. The quantitative estimate of drug-likeness (QED) is 0.533. The van der Waals surface area contributed by atoms with Crippen LogP contribution in [-0.2, 0) is 11.3 Å². The number of carbonyl (C=O) groups excluding carboxylic acids is 1. The van der Waals surface area contributed by atoms with Gasteiger partial charge < -0.3 is 5.32 Å². The summed E-state index contributed by atoms with van der Waals surface area (Å²) in [6, 6.07) is 16.8. The number of halogens is 1. The molecule has 0 saturated heterocycles. The zero-order valence-electron chi connectivity index (χ0n) is 16.6. The maximum Gasteiger partial charge on any atom is 0.224 e. The van der Waals surface area contributed by atoms with E-state index in [2.05, 4.69) is 40.6 Å². The van der Waals surface area contributed by atoms with Crippen molar-refractivity contribution in [1.82, 2.24) is 10.3 Å². The maximum atomic E-state index is 13.9. The van der Waals surface area contributed by atoms with Crippen LogP contribution in [0.3, 0.4) is 0 Å². The van der Waals surface area contributed by atoms with Crippen LogP contribution in [0.2, 0.25) is 0 Å². The third-order valence-electron chi connectivity index (χ3n) is 5.00. The van der Waals surface area contributed by atoms with Gasteiger partial charge in [-0.2, -0.15) is 0 Å². The van der Waals surface area contributed by atoms with Crippen LogP contribution in [-0.4, -0.2) is 17.1 Å². The van der Waals surface area contributed by atoms with Crippen LogP contribution in [0.4, 0.5) is 4.39 Å². The minimum Gasteiger partial charge on any atom is -0.352 e. The van der Waals surface area contributed by atoms with Gasteiger partial charge in [0.05, 0.1) is 6.42 Å². The molecule has 0 aliphatic heterocycles. The van der Waals surface area contributed by atoms with Crippen molar-refractivity contribution in [2.24, 2.45) is 0 Å². The van der Waals surface area contributed by atoms with Crippen LogP contribution in [0.1, 0.15) is 28.7 Å². The molecule has 0 fully saturated rings. The van der Waals surface area contributed by atoms with Crippen LogP contribution < -0.4 is 5.32 Å². The third kappa shape index (κ3) is 4.69. The molecule has 3 aromatic rings. The molecule has 30 heavy (non-hydrogen) atoms. The van der Waals surface area contributed by atoms with E-state index in [-0.39, 0.29) is 18.1 Å². The molecule has 1 aromatic heterocycles. The fourth-order valence-electron chi connectivity index (χ4n) is 3.46. The molecule has 1 aliphatic carbocycles. The summed E-state index contributed by atoms with van der Waals surface area (Å²) in [7, 11) is 0. The lowest BCUT2D eigenvalue weighted by Crippen LogP contribution is -2.22. The van der Waals surface area contributed by atoms with E-state index in [1.807, 2.05) is 24.5 Å². The predicted molar refractivity (Wildman–Crippen MR) is 121 cm³/mol. The number of hydrogen-bond donors (Lipinski definition) is 1. The number of fused-ring (bicyclic) bond motifs is 1. The topological polar surface area (TPSA) is 42.0 Å². The highest BCUT2D eigenvalue weighted by Gasteiger charge is 2.21. The van der Waals surface area contributed by atoms with E-state index in [1.165, 1.54) is 17.0 Å². The molecule has 0 atom stereocenters. The molecule has 4 rings (SSSR count). The number of allylic oxidation sites excluding steroid dienone is 2. The highest BCUT2D eigenvalue weighted by Crippen LogP contribution is 2.38. The summed E-state index contributed by atoms with van der Waals surface area (Å²) in [5, 5.41) is 2.93. The van der Waals surface area contributed by atoms with Crippen molar-refractivity contribution >= 4 is 34.9 Å². The first kappa shape index (κ1) is 20.1. The standard InChI is InChI=1S/C25H21FN2OS/c1-30-22-5-2-17(3-6-22)12-19-13-20(24-15-21(26)4-7-23(19)24)14-25(29)28-16-18-8-10-27-11-9-18/h2-13,15H,14,16H2,1H3,(H,28,29)/b19-12+. The summed E-state index contributed by atoms with van der Waals surface area (Å²) in [5.74, 6) is -0.402. The lowest BCUT2D eigenvalue weighted by molar-refractivity contribution is -0.120. The number of nitrogens with zero attached hydrogens (tertiary/aromatic N) is 1. The van der Waals surface area contributed by atoms with Gasteiger partial charge in [-0.3, -0.25) is 9.78 Å². The number of benzene rings is 2. The number of rotatable bonds is 6. The van der Waals surface area contributed by atoms with E-state index < -0.39 is 0 Å². The van der Waals surface area contributed by atoms with Crippen LogP contribution >= 0.6 is 11.8 Å². The highest BCUT2D eigenvalue weighted by molar-refractivity contribution is 7.98. The van der Waals surface area contributed by atoms with E-state index >= 15 is 0 Å². The monoisotopic (exact) mass is 416 g/mol. The first-order valence-electron chi connectivity index (χ1n) is 9.64. The number of aromatic nitrogens is 1. The number of pyridine rings is 1. The van der Waals surface area contributed by atoms with E-state index in [9.17, 15) is 9.18 Å². The lowest BCUT2D eigenvalue weighted by atomic mass is 10.0. The second kappa shape index (κ2) is 9.09. The number of amides is 1. The molecule has 0 bridgehead atoms. The van der Waals surface area contributed by atoms with Crippen LogP contribution in [0.25, 0.3) is 17.2 Å². The molecule has 1 heterocycles. The Morgan fingerprint density at radius 3 is 2.57 bits per heavy atom. The summed E-state index contributed by atoms with van der Waals surface area (Å²) in [4.78, 5) is 17.7. The number of thioether (sulfide) groups is 1. The molecule has 5 heteroatoms. The Labute approximate surface area is 179 Å². The van der Waals surface area contributed by atoms with E-state index in [1.54, 1.807) is 30.2 Å². The Kier molecular flexibility index (Phi) is 6.10. The van der Waals surface area contributed by atoms with E-state index in [4.69, 9.17) is 0 Å². The minimum absolute atomic E-state index is 0.0983. The second-order valence-corrected chi connectivity index (χ2v) is 7.92. The van der Waals surface area contributed by atoms with Crippen LogP contribution in [0.15, 0.2) is 78.0 Å². The van der Waals surface area contributed by atoms with Crippen LogP contribution in [0.5, 0.6) is 0 Å². The van der Waals surface area contributed by atoms with Gasteiger partial charge in [0.1, 0.15) is 5.82 Å². The van der Waals surface area contributed by atoms with Gasteiger partial charge in [0.25, 0.3) is 0 Å². The van der Waals surface area contributed by atoms with Gasteiger partial charge in [-0.15, -0.1) is 11.8 Å². The van der Waals surface area contributed by atoms with Gasteiger partial charge in [0, 0.05) is 23.8 Å². The number of hydrogen-bond acceptors (Lipinski definition) is 3. The normalized spacial score (nSPS) is 13.8. The van der Waals surface area contributed by atoms with Crippen molar-refractivity contribution < 1.29 is 9.18 Å². The largest absolute Gasteiger partial charge is 0.352 e. The molecule has 150 valence electrons. The summed E-state index contributed by atoms with van der Waals surface area (Å²) < 4.78 is 13.9. The fourth-order valence-corrected chi connectivity index (χ4v) is 3.87. The summed E-state index contributed by atoms with van der Waals surface area (Å²) in [5.41, 5.74) is 5.59. The molecule has 1 aliphatic rings. The van der Waals surface area contributed by atoms with Gasteiger partial charge in [0.2, 0.25) is 5.91 Å². The van der Waals surface area contributed by atoms with Gasteiger partial charge in [0.15, 0.2) is 0 Å². The third-order valence-corrected chi connectivity index (χ3v) is 5.74. The summed E-state index contributed by atoms with van der Waals surface area (Å²) in [6.07, 6.45) is 9.70. The molecule has 1 N–H and O–H groups in total. The Hall–Kier alpha value is -3.18. The average molecular weight is 417 g/mol. The molecule has 0 radical (unpaired) electrons. The van der Waals surface area contributed by atoms with Crippen molar-refractivity contribution in [2.75, 3.05) is 6.26 Å². The second-order valence-electron chi connectivity index (χ2n) is 7.04. The van der Waals surface area contributed by atoms with Gasteiger partial charge in [-0.25, -0.2) is 4.39 Å². The Morgan fingerprint density at radius 2 is 1.83 bits per heavy atom. The van der Waals surface area contributed by atoms with E-state index in [0.717, 1.165) is 33.4 Å². The Morgan fingerprint density at radius 1 is 1.07 bits per heavy atom. The molecule has 1 amide bonds. The average Bonchev–Trinajstić information content (AvgIpc) is 3.09. The van der Waals surface area contributed by atoms with Gasteiger partial charge >= 0.3 is 0 Å². The zero-order chi connectivity index (χ0) is 20.9. The first-order valence-corrected chi connectivity index (χ1v) is 10.9. The summed E-state index contributed by atoms with van der Waals surface area (Å²) in [6.45, 7) is 0.440. The molecular weight excluding hydrogens is 395 g/mol. The Bertz CT molecular complexity index is 1120. The van der Waals surface area contributed by atoms with Crippen molar-refractivity contribution in [2.45, 2.75) is 17.9 Å². The molecular formula is C25H21FN2OS. The zero-order valence-corrected chi connectivity index (χ0v) is 17.4. The smallest absolute Gasteiger partial charge is 0.224 e. The molecule has 0 unspecified atom stereocenters. The Balaban J connectivity index is 1.55. The van der Waals surface area contributed by atoms with Crippen molar-refractivity contribution in [3.63, 3.8) is 0 Å². The van der Waals surface area contributed by atoms with Gasteiger partial charge in [-0.1, -0.05) is 18.2 Å². The van der Waals surface area contributed by atoms with Gasteiger partial charge in [-0.05, 0) is 88.2 Å².